The molecule has 0 radical (unpaired) electrons. The number of Topliss-reactive ketones (excluding diaryl/α,β-unsaturated/α-hetero) is 1. The fourth-order valence-corrected chi connectivity index (χ4v) is 3.61. The van der Waals surface area contributed by atoms with Crippen molar-refractivity contribution in [3.8, 4) is 5.75 Å². The van der Waals surface area contributed by atoms with Crippen molar-refractivity contribution < 1.29 is 28.7 Å². The number of benzene rings is 2. The second-order valence-corrected chi connectivity index (χ2v) is 7.58. The molecule has 1 atom stereocenters. The Labute approximate surface area is 175 Å². The number of carbonyl (C=O) groups excluding carboxylic acids is 2. The summed E-state index contributed by atoms with van der Waals surface area (Å²) in [4.78, 5) is 28.5. The van der Waals surface area contributed by atoms with E-state index in [4.69, 9.17) is 4.74 Å². The number of hydrogen-bond donors (Lipinski definition) is 2. The third-order valence-electron chi connectivity index (χ3n) is 5.16. The molecule has 1 amide bonds. The highest BCUT2D eigenvalue weighted by Gasteiger charge is 2.45. The van der Waals surface area contributed by atoms with Crippen molar-refractivity contribution in [3.05, 3.63) is 71.0 Å². The number of nitrogens with zero attached hydrogens (tertiary/aromatic N) is 1. The predicted molar refractivity (Wildman–Crippen MR) is 111 cm³/mol. The van der Waals surface area contributed by atoms with Crippen molar-refractivity contribution in [1.82, 2.24) is 4.90 Å². The molecular weight excluding hydrogens is 387 g/mol. The second kappa shape index (κ2) is 9.09. The Kier molecular flexibility index (Phi) is 6.52. The van der Waals surface area contributed by atoms with Crippen molar-refractivity contribution >= 4 is 17.4 Å². The van der Waals surface area contributed by atoms with Crippen LogP contribution in [0.4, 0.5) is 4.39 Å². The van der Waals surface area contributed by atoms with E-state index in [2.05, 4.69) is 0 Å². The van der Waals surface area contributed by atoms with Crippen LogP contribution in [0.3, 0.4) is 0 Å². The average Bonchev–Trinajstić information content (AvgIpc) is 2.98. The van der Waals surface area contributed by atoms with Crippen LogP contribution in [0.5, 0.6) is 5.75 Å². The minimum Gasteiger partial charge on any atom is -0.507 e. The Morgan fingerprint density at radius 3 is 2.30 bits per heavy atom. The number of aliphatic hydroxyl groups is 1. The minimum atomic E-state index is -0.741. The first-order chi connectivity index (χ1) is 14.3. The molecule has 0 bridgehead atoms. The van der Waals surface area contributed by atoms with Gasteiger partial charge in [0.25, 0.3) is 11.7 Å². The van der Waals surface area contributed by atoms with Crippen LogP contribution in [0.25, 0.3) is 5.76 Å². The maximum absolute atomic E-state index is 13.3. The summed E-state index contributed by atoms with van der Waals surface area (Å²) in [6.07, 6.45) is 0.707. The van der Waals surface area contributed by atoms with Crippen LogP contribution >= 0.6 is 0 Å². The first kappa shape index (κ1) is 21.5. The fourth-order valence-electron chi connectivity index (χ4n) is 3.61. The maximum atomic E-state index is 13.3. The van der Waals surface area contributed by atoms with Gasteiger partial charge in [-0.25, -0.2) is 4.39 Å². The van der Waals surface area contributed by atoms with Gasteiger partial charge in [-0.3, -0.25) is 9.59 Å². The van der Waals surface area contributed by atoms with E-state index in [0.717, 1.165) is 6.54 Å². The van der Waals surface area contributed by atoms with Crippen LogP contribution < -0.4 is 9.64 Å². The number of ketones is 1. The lowest BCUT2D eigenvalue weighted by atomic mass is 9.95. The molecule has 1 heterocycles. The summed E-state index contributed by atoms with van der Waals surface area (Å²) < 4.78 is 18.5. The molecule has 2 N–H and O–H groups in total. The van der Waals surface area contributed by atoms with Gasteiger partial charge in [0.05, 0.1) is 39.4 Å². The number of nitrogens with one attached hydrogen (secondary N) is 1. The Morgan fingerprint density at radius 1 is 1.10 bits per heavy atom. The molecule has 0 spiro atoms. The monoisotopic (exact) mass is 413 g/mol. The zero-order valence-corrected chi connectivity index (χ0v) is 17.3. The van der Waals surface area contributed by atoms with Gasteiger partial charge in [-0.15, -0.1) is 0 Å². The van der Waals surface area contributed by atoms with Gasteiger partial charge in [0.2, 0.25) is 0 Å². The molecule has 1 saturated heterocycles. The smallest absolute Gasteiger partial charge is 0.295 e. The van der Waals surface area contributed by atoms with Crippen molar-refractivity contribution in [2.24, 2.45) is 0 Å². The van der Waals surface area contributed by atoms with Crippen molar-refractivity contribution in [2.75, 3.05) is 34.3 Å². The third kappa shape index (κ3) is 4.36. The van der Waals surface area contributed by atoms with E-state index < -0.39 is 23.5 Å². The van der Waals surface area contributed by atoms with Crippen LogP contribution in [0.1, 0.15) is 23.6 Å². The highest BCUT2D eigenvalue weighted by Crippen LogP contribution is 2.39. The molecule has 30 heavy (non-hydrogen) atoms. The zero-order valence-electron chi connectivity index (χ0n) is 17.3. The maximum Gasteiger partial charge on any atom is 0.295 e. The molecule has 1 aliphatic heterocycles. The van der Waals surface area contributed by atoms with Crippen LogP contribution in [0, 0.1) is 5.82 Å². The van der Waals surface area contributed by atoms with Gasteiger partial charge in [0.1, 0.15) is 17.3 Å². The second-order valence-electron chi connectivity index (χ2n) is 7.58. The first-order valence-corrected chi connectivity index (χ1v) is 9.80. The lowest BCUT2D eigenvalue weighted by Crippen LogP contribution is -3.05. The number of quaternary nitrogens is 1. The minimum absolute atomic E-state index is 0.00831. The molecular formula is C23H26FN2O4+. The Bertz CT molecular complexity index is 952. The molecule has 2 aromatic rings. The van der Waals surface area contributed by atoms with Crippen LogP contribution in [-0.2, 0) is 9.59 Å². The quantitative estimate of drug-likeness (QED) is 0.413. The number of likely N-dealkylation sites (tertiary alicyclic amines) is 1. The van der Waals surface area contributed by atoms with E-state index in [1.165, 1.54) is 34.1 Å². The molecule has 6 nitrogen and oxygen atoms in total. The Balaban J connectivity index is 2.07. The summed E-state index contributed by atoms with van der Waals surface area (Å²) in [6.45, 7) is 1.21. The normalized spacial score (nSPS) is 18.3. The molecule has 1 aliphatic rings. The van der Waals surface area contributed by atoms with Gasteiger partial charge in [-0.05, 0) is 42.0 Å². The SMILES string of the molecule is COc1ccc([C@@H]2C(=C(O)c3ccc(F)cc3)C(=O)C(=O)N2CCC[NH+](C)C)cc1. The average molecular weight is 413 g/mol. The van der Waals surface area contributed by atoms with Gasteiger partial charge < -0.3 is 19.6 Å². The van der Waals surface area contributed by atoms with Crippen molar-refractivity contribution in [1.29, 1.82) is 0 Å². The summed E-state index contributed by atoms with van der Waals surface area (Å²) in [5.41, 5.74) is 0.982. The van der Waals surface area contributed by atoms with E-state index in [0.29, 0.717) is 24.3 Å². The Hall–Kier alpha value is -3.19. The zero-order chi connectivity index (χ0) is 21.8. The van der Waals surface area contributed by atoms with E-state index >= 15 is 0 Å². The van der Waals surface area contributed by atoms with E-state index in [1.54, 1.807) is 31.4 Å². The number of rotatable bonds is 7. The topological polar surface area (TPSA) is 71.3 Å². The number of amides is 1. The van der Waals surface area contributed by atoms with Crippen molar-refractivity contribution in [3.63, 3.8) is 0 Å². The van der Waals surface area contributed by atoms with Gasteiger partial charge >= 0.3 is 0 Å². The summed E-state index contributed by atoms with van der Waals surface area (Å²) in [5.74, 6) is -1.51. The molecule has 2 aromatic carbocycles. The number of methoxy groups -OCH3 is 1. The standard InChI is InChI=1S/C23H25FN2O4/c1-25(2)13-4-14-26-20(15-7-11-18(30-3)12-8-15)19(22(28)23(26)29)21(27)16-5-9-17(24)10-6-16/h5-12,20,27H,4,13-14H2,1-3H3/p+1/t20-/m1/s1. The van der Waals surface area contributed by atoms with Gasteiger partial charge in [-0.1, -0.05) is 12.1 Å². The van der Waals surface area contributed by atoms with Gasteiger partial charge in [0.15, 0.2) is 0 Å². The third-order valence-corrected chi connectivity index (χ3v) is 5.16. The lowest BCUT2D eigenvalue weighted by molar-refractivity contribution is -0.858. The summed E-state index contributed by atoms with van der Waals surface area (Å²) >= 11 is 0. The molecule has 0 aromatic heterocycles. The molecule has 3 rings (SSSR count). The summed E-state index contributed by atoms with van der Waals surface area (Å²) in [6, 6.07) is 11.5. The number of halogens is 1. The van der Waals surface area contributed by atoms with Crippen molar-refractivity contribution in [2.45, 2.75) is 12.5 Å². The molecule has 7 heteroatoms. The highest BCUT2D eigenvalue weighted by molar-refractivity contribution is 6.46. The number of carbonyl (C=O) groups is 2. The van der Waals surface area contributed by atoms with E-state index in [-0.39, 0.29) is 16.9 Å². The lowest BCUT2D eigenvalue weighted by Gasteiger charge is -2.25. The predicted octanol–water partition coefficient (Wildman–Crippen LogP) is 1.79. The largest absolute Gasteiger partial charge is 0.507 e. The summed E-state index contributed by atoms with van der Waals surface area (Å²) in [7, 11) is 5.59. The van der Waals surface area contributed by atoms with E-state index in [1.807, 2.05) is 14.1 Å². The summed E-state index contributed by atoms with van der Waals surface area (Å²) in [5, 5.41) is 10.9. The number of aliphatic hydroxyl groups excluding tert-OH is 1. The molecule has 1 fully saturated rings. The Morgan fingerprint density at radius 2 is 1.73 bits per heavy atom. The molecule has 158 valence electrons. The molecule has 0 unspecified atom stereocenters. The molecule has 0 saturated carbocycles. The van der Waals surface area contributed by atoms with Gasteiger partial charge in [-0.2, -0.15) is 0 Å². The highest BCUT2D eigenvalue weighted by atomic mass is 19.1. The first-order valence-electron chi connectivity index (χ1n) is 9.80. The molecule has 0 aliphatic carbocycles. The van der Waals surface area contributed by atoms with Crippen LogP contribution in [-0.4, -0.2) is 56.0 Å². The van der Waals surface area contributed by atoms with Crippen LogP contribution in [0.2, 0.25) is 0 Å². The number of ether oxygens (including phenoxy) is 1. The van der Waals surface area contributed by atoms with Gasteiger partial charge in [0, 0.05) is 18.5 Å². The van der Waals surface area contributed by atoms with E-state index in [9.17, 15) is 19.1 Å². The fraction of sp³-hybridized carbons (Fsp3) is 0.304. The number of hydrogen-bond acceptors (Lipinski definition) is 4. The van der Waals surface area contributed by atoms with Crippen LogP contribution in [0.15, 0.2) is 54.1 Å².